The molecular formula is C22H23N3OS. The van der Waals surface area contributed by atoms with Crippen LogP contribution < -0.4 is 5.32 Å². The number of amides is 1. The maximum absolute atomic E-state index is 12.8. The largest absolute Gasteiger partial charge is 0.346 e. The number of aromatic nitrogens is 2. The number of imidazole rings is 1. The molecule has 0 fully saturated rings. The van der Waals surface area contributed by atoms with Gasteiger partial charge in [-0.3, -0.25) is 4.79 Å². The minimum Gasteiger partial charge on any atom is -0.346 e. The Morgan fingerprint density at radius 2 is 1.93 bits per heavy atom. The molecule has 0 saturated carbocycles. The molecule has 4 nitrogen and oxygen atoms in total. The molecule has 3 aromatic rings. The van der Waals surface area contributed by atoms with Crippen molar-refractivity contribution in [3.05, 3.63) is 70.4 Å². The van der Waals surface area contributed by atoms with Crippen molar-refractivity contribution in [3.8, 4) is 11.3 Å². The van der Waals surface area contributed by atoms with Gasteiger partial charge in [-0.05, 0) is 38.0 Å². The number of rotatable bonds is 4. The van der Waals surface area contributed by atoms with E-state index >= 15 is 0 Å². The monoisotopic (exact) mass is 377 g/mol. The van der Waals surface area contributed by atoms with E-state index in [1.54, 1.807) is 11.8 Å². The SMILES string of the molecule is Cc1ccc(-c2nc3n(c2CNC(=O)c2cccc(C)c2C)CCS3)cc1. The Bertz CT molecular complexity index is 1010. The maximum Gasteiger partial charge on any atom is 0.251 e. The minimum absolute atomic E-state index is 0.0349. The molecule has 1 N–H and O–H groups in total. The molecule has 138 valence electrons. The van der Waals surface area contributed by atoms with Crippen molar-refractivity contribution in [2.75, 3.05) is 5.75 Å². The highest BCUT2D eigenvalue weighted by Gasteiger charge is 2.23. The van der Waals surface area contributed by atoms with Crippen LogP contribution in [0, 0.1) is 20.8 Å². The number of carbonyl (C=O) groups is 1. The van der Waals surface area contributed by atoms with Crippen LogP contribution in [-0.4, -0.2) is 21.2 Å². The van der Waals surface area contributed by atoms with E-state index in [-0.39, 0.29) is 5.91 Å². The van der Waals surface area contributed by atoms with Crippen molar-refractivity contribution in [3.63, 3.8) is 0 Å². The molecule has 1 aliphatic rings. The van der Waals surface area contributed by atoms with Crippen molar-refractivity contribution in [1.29, 1.82) is 0 Å². The fraction of sp³-hybridized carbons (Fsp3) is 0.273. The Labute approximate surface area is 164 Å². The predicted molar refractivity (Wildman–Crippen MR) is 110 cm³/mol. The lowest BCUT2D eigenvalue weighted by Gasteiger charge is -2.12. The van der Waals surface area contributed by atoms with Crippen LogP contribution in [0.2, 0.25) is 0 Å². The number of thioether (sulfide) groups is 1. The van der Waals surface area contributed by atoms with E-state index in [0.29, 0.717) is 6.54 Å². The summed E-state index contributed by atoms with van der Waals surface area (Å²) in [6, 6.07) is 14.3. The summed E-state index contributed by atoms with van der Waals surface area (Å²) < 4.78 is 2.24. The van der Waals surface area contributed by atoms with Crippen LogP contribution in [0.3, 0.4) is 0 Å². The van der Waals surface area contributed by atoms with E-state index in [0.717, 1.165) is 51.1 Å². The molecule has 0 aliphatic carbocycles. The highest BCUT2D eigenvalue weighted by molar-refractivity contribution is 7.99. The van der Waals surface area contributed by atoms with Gasteiger partial charge in [0, 0.05) is 23.4 Å². The number of hydrogen-bond acceptors (Lipinski definition) is 3. The first-order chi connectivity index (χ1) is 13.0. The topological polar surface area (TPSA) is 46.9 Å². The van der Waals surface area contributed by atoms with Crippen LogP contribution in [0.25, 0.3) is 11.3 Å². The van der Waals surface area contributed by atoms with E-state index in [1.807, 2.05) is 32.0 Å². The zero-order valence-corrected chi connectivity index (χ0v) is 16.7. The van der Waals surface area contributed by atoms with E-state index in [9.17, 15) is 4.79 Å². The zero-order chi connectivity index (χ0) is 19.0. The number of hydrogen-bond donors (Lipinski definition) is 1. The molecule has 0 bridgehead atoms. The molecule has 1 aliphatic heterocycles. The molecule has 1 amide bonds. The van der Waals surface area contributed by atoms with Gasteiger partial charge in [0.05, 0.1) is 17.9 Å². The Balaban J connectivity index is 1.63. The second kappa shape index (κ2) is 7.24. The third-order valence-corrected chi connectivity index (χ3v) is 6.13. The van der Waals surface area contributed by atoms with Crippen molar-refractivity contribution < 1.29 is 4.79 Å². The molecule has 0 unspecified atom stereocenters. The van der Waals surface area contributed by atoms with Gasteiger partial charge in [-0.1, -0.05) is 53.7 Å². The van der Waals surface area contributed by atoms with E-state index in [4.69, 9.17) is 4.98 Å². The number of aryl methyl sites for hydroxylation is 2. The summed E-state index contributed by atoms with van der Waals surface area (Å²) in [6.45, 7) is 7.52. The van der Waals surface area contributed by atoms with E-state index < -0.39 is 0 Å². The Morgan fingerprint density at radius 3 is 2.70 bits per heavy atom. The first kappa shape index (κ1) is 17.9. The molecule has 1 aromatic heterocycles. The summed E-state index contributed by atoms with van der Waals surface area (Å²) in [4.78, 5) is 17.6. The molecule has 4 rings (SSSR count). The summed E-state index contributed by atoms with van der Waals surface area (Å²) in [5, 5.41) is 4.15. The molecule has 5 heteroatoms. The number of benzene rings is 2. The highest BCUT2D eigenvalue weighted by atomic mass is 32.2. The van der Waals surface area contributed by atoms with Gasteiger partial charge >= 0.3 is 0 Å². The predicted octanol–water partition coefficient (Wildman–Crippen LogP) is 4.51. The first-order valence-electron chi connectivity index (χ1n) is 9.18. The van der Waals surface area contributed by atoms with Gasteiger partial charge < -0.3 is 9.88 Å². The second-order valence-corrected chi connectivity index (χ2v) is 8.05. The molecule has 0 radical (unpaired) electrons. The highest BCUT2D eigenvalue weighted by Crippen LogP contribution is 2.33. The summed E-state index contributed by atoms with van der Waals surface area (Å²) in [5.74, 6) is 1.00. The normalized spacial score (nSPS) is 12.9. The molecule has 2 heterocycles. The lowest BCUT2D eigenvalue weighted by Crippen LogP contribution is -2.25. The number of nitrogens with zero attached hydrogens (tertiary/aromatic N) is 2. The van der Waals surface area contributed by atoms with Crippen molar-refractivity contribution >= 4 is 17.7 Å². The molecule has 0 atom stereocenters. The summed E-state index contributed by atoms with van der Waals surface area (Å²) in [5.41, 5.74) is 7.27. The van der Waals surface area contributed by atoms with E-state index in [2.05, 4.69) is 41.1 Å². The smallest absolute Gasteiger partial charge is 0.251 e. The number of carbonyl (C=O) groups excluding carboxylic acids is 1. The molecular weight excluding hydrogens is 354 g/mol. The van der Waals surface area contributed by atoms with Crippen LogP contribution in [0.5, 0.6) is 0 Å². The quantitative estimate of drug-likeness (QED) is 0.728. The van der Waals surface area contributed by atoms with Crippen LogP contribution in [0.1, 0.15) is 32.7 Å². The minimum atomic E-state index is -0.0349. The first-order valence-corrected chi connectivity index (χ1v) is 10.2. The van der Waals surface area contributed by atoms with Crippen molar-refractivity contribution in [2.45, 2.75) is 39.0 Å². The Kier molecular flexibility index (Phi) is 4.79. The average Bonchev–Trinajstić information content (AvgIpc) is 3.24. The average molecular weight is 378 g/mol. The Hall–Kier alpha value is -2.53. The van der Waals surface area contributed by atoms with Crippen molar-refractivity contribution in [1.82, 2.24) is 14.9 Å². The van der Waals surface area contributed by atoms with Crippen molar-refractivity contribution in [2.24, 2.45) is 0 Å². The fourth-order valence-electron chi connectivity index (χ4n) is 3.41. The lowest BCUT2D eigenvalue weighted by molar-refractivity contribution is 0.0949. The number of nitrogens with one attached hydrogen (secondary N) is 1. The van der Waals surface area contributed by atoms with Gasteiger partial charge in [0.2, 0.25) is 0 Å². The lowest BCUT2D eigenvalue weighted by atomic mass is 10.0. The molecule has 27 heavy (non-hydrogen) atoms. The van der Waals surface area contributed by atoms with Gasteiger partial charge in [-0.25, -0.2) is 4.98 Å². The van der Waals surface area contributed by atoms with Crippen LogP contribution in [0.15, 0.2) is 47.6 Å². The van der Waals surface area contributed by atoms with Crippen LogP contribution in [-0.2, 0) is 13.1 Å². The molecule has 2 aromatic carbocycles. The van der Waals surface area contributed by atoms with Gasteiger partial charge in [0.1, 0.15) is 0 Å². The number of fused-ring (bicyclic) bond motifs is 1. The molecule has 0 saturated heterocycles. The van der Waals surface area contributed by atoms with Gasteiger partial charge in [-0.2, -0.15) is 0 Å². The standard InChI is InChI=1S/C22H23N3OS/c1-14-7-9-17(10-8-14)20-19(25-11-12-27-22(25)24-20)13-23-21(26)18-6-4-5-15(2)16(18)3/h4-10H,11-13H2,1-3H3,(H,23,26). The second-order valence-electron chi connectivity index (χ2n) is 6.99. The van der Waals surface area contributed by atoms with Gasteiger partial charge in [-0.15, -0.1) is 0 Å². The van der Waals surface area contributed by atoms with Gasteiger partial charge in [0.15, 0.2) is 5.16 Å². The third-order valence-electron chi connectivity index (χ3n) is 5.17. The summed E-state index contributed by atoms with van der Waals surface area (Å²) in [7, 11) is 0. The zero-order valence-electron chi connectivity index (χ0n) is 15.9. The molecule has 0 spiro atoms. The fourth-order valence-corrected chi connectivity index (χ4v) is 4.38. The van der Waals surface area contributed by atoms with Crippen LogP contribution in [0.4, 0.5) is 0 Å². The summed E-state index contributed by atoms with van der Waals surface area (Å²) in [6.07, 6.45) is 0. The maximum atomic E-state index is 12.8. The van der Waals surface area contributed by atoms with Crippen LogP contribution >= 0.6 is 11.8 Å². The van der Waals surface area contributed by atoms with E-state index in [1.165, 1.54) is 5.56 Å². The summed E-state index contributed by atoms with van der Waals surface area (Å²) >= 11 is 1.77. The third kappa shape index (κ3) is 3.39. The Morgan fingerprint density at radius 1 is 1.15 bits per heavy atom. The van der Waals surface area contributed by atoms with Gasteiger partial charge in [0.25, 0.3) is 5.91 Å².